The summed E-state index contributed by atoms with van der Waals surface area (Å²) in [4.78, 5) is 11.4. The Kier molecular flexibility index (Phi) is 4.38. The first-order valence-electron chi connectivity index (χ1n) is 8.72. The fraction of sp³-hybridized carbons (Fsp3) is 0.0870. The highest BCUT2D eigenvalue weighted by Gasteiger charge is 2.15. The van der Waals surface area contributed by atoms with Gasteiger partial charge in [0.2, 0.25) is 0 Å². The van der Waals surface area contributed by atoms with Gasteiger partial charge in [-0.25, -0.2) is 0 Å². The zero-order chi connectivity index (χ0) is 18.8. The number of methoxy groups -OCH3 is 1. The Labute approximate surface area is 157 Å². The van der Waals surface area contributed by atoms with Crippen LogP contribution in [0.25, 0.3) is 27.7 Å². The first kappa shape index (κ1) is 16.9. The Balaban J connectivity index is 1.89. The van der Waals surface area contributed by atoms with Gasteiger partial charge < -0.3 is 14.4 Å². The molecule has 0 saturated carbocycles. The summed E-state index contributed by atoms with van der Waals surface area (Å²) in [5.41, 5.74) is 3.63. The smallest absolute Gasteiger partial charge is 0.309 e. The Morgan fingerprint density at radius 3 is 2.37 bits per heavy atom. The van der Waals surface area contributed by atoms with Gasteiger partial charge in [0.1, 0.15) is 5.75 Å². The van der Waals surface area contributed by atoms with Crippen molar-refractivity contribution in [1.29, 1.82) is 0 Å². The van der Waals surface area contributed by atoms with Crippen molar-refractivity contribution in [1.82, 2.24) is 4.57 Å². The molecule has 0 aliphatic heterocycles. The number of hydrogen-bond donors (Lipinski definition) is 1. The molecule has 4 heteroatoms. The number of fused-ring (bicyclic) bond motifs is 1. The summed E-state index contributed by atoms with van der Waals surface area (Å²) < 4.78 is 7.26. The van der Waals surface area contributed by atoms with Crippen LogP contribution in [0.4, 0.5) is 0 Å². The molecule has 0 bridgehead atoms. The van der Waals surface area contributed by atoms with Gasteiger partial charge in [-0.15, -0.1) is 0 Å². The number of aliphatic carboxylic acids is 1. The number of ether oxygens (including phenoxy) is 1. The van der Waals surface area contributed by atoms with Crippen LogP contribution in [0.15, 0.2) is 78.9 Å². The molecule has 0 aliphatic carbocycles. The summed E-state index contributed by atoms with van der Waals surface area (Å²) >= 11 is 0. The molecule has 4 rings (SSSR count). The van der Waals surface area contributed by atoms with Crippen molar-refractivity contribution >= 4 is 16.7 Å². The average Bonchev–Trinajstić information content (AvgIpc) is 3.10. The minimum Gasteiger partial charge on any atom is -0.497 e. The first-order chi connectivity index (χ1) is 13.2. The van der Waals surface area contributed by atoms with Gasteiger partial charge in [-0.05, 0) is 64.9 Å². The fourth-order valence-corrected chi connectivity index (χ4v) is 3.38. The lowest BCUT2D eigenvalue weighted by Gasteiger charge is -2.14. The highest BCUT2D eigenvalue weighted by molar-refractivity contribution is 5.85. The maximum atomic E-state index is 11.4. The summed E-state index contributed by atoms with van der Waals surface area (Å²) in [7, 11) is 1.64. The summed E-state index contributed by atoms with van der Waals surface area (Å²) in [6.07, 6.45) is -0.0387. The van der Waals surface area contributed by atoms with E-state index >= 15 is 0 Å². The van der Waals surface area contributed by atoms with Crippen molar-refractivity contribution in [3.63, 3.8) is 0 Å². The molecule has 134 valence electrons. The monoisotopic (exact) mass is 357 g/mol. The van der Waals surface area contributed by atoms with Gasteiger partial charge in [0, 0.05) is 11.4 Å². The molecular formula is C23H19NO3. The molecule has 0 saturated heterocycles. The van der Waals surface area contributed by atoms with Crippen LogP contribution in [-0.2, 0) is 11.2 Å². The van der Waals surface area contributed by atoms with Crippen LogP contribution < -0.4 is 4.74 Å². The van der Waals surface area contributed by atoms with Gasteiger partial charge in [0.15, 0.2) is 0 Å². The summed E-state index contributed by atoms with van der Waals surface area (Å²) in [5.74, 6) is -0.0651. The van der Waals surface area contributed by atoms with E-state index in [0.29, 0.717) is 0 Å². The van der Waals surface area contributed by atoms with Crippen LogP contribution in [0.3, 0.4) is 0 Å². The Morgan fingerprint density at radius 2 is 1.67 bits per heavy atom. The predicted octanol–water partition coefficient (Wildman–Crippen LogP) is 4.93. The lowest BCUT2D eigenvalue weighted by molar-refractivity contribution is -0.136. The fourth-order valence-electron chi connectivity index (χ4n) is 3.38. The second-order valence-corrected chi connectivity index (χ2v) is 6.38. The first-order valence-corrected chi connectivity index (χ1v) is 8.72. The second-order valence-electron chi connectivity index (χ2n) is 6.38. The quantitative estimate of drug-likeness (QED) is 0.551. The van der Waals surface area contributed by atoms with Gasteiger partial charge in [-0.2, -0.15) is 0 Å². The summed E-state index contributed by atoms with van der Waals surface area (Å²) in [6.45, 7) is 0. The SMILES string of the molecule is COc1ccc(-c2ccc(CC(=O)O)n2-c2ccc3ccccc3c2)cc1. The predicted molar refractivity (Wildman–Crippen MR) is 107 cm³/mol. The summed E-state index contributed by atoms with van der Waals surface area (Å²) in [6, 6.07) is 25.9. The van der Waals surface area contributed by atoms with Crippen LogP contribution in [-0.4, -0.2) is 22.8 Å². The third-order valence-electron chi connectivity index (χ3n) is 4.67. The maximum absolute atomic E-state index is 11.4. The van der Waals surface area contributed by atoms with Crippen molar-refractivity contribution in [3.8, 4) is 22.7 Å². The van der Waals surface area contributed by atoms with Crippen LogP contribution in [0, 0.1) is 0 Å². The highest BCUT2D eigenvalue weighted by atomic mass is 16.5. The number of carboxylic acid groups (broad SMARTS) is 1. The van der Waals surface area contributed by atoms with Crippen LogP contribution in [0.1, 0.15) is 5.69 Å². The largest absolute Gasteiger partial charge is 0.497 e. The molecule has 0 amide bonds. The molecule has 0 unspecified atom stereocenters. The number of carbonyl (C=O) groups is 1. The minimum absolute atomic E-state index is 0.0387. The number of benzene rings is 3. The van der Waals surface area contributed by atoms with E-state index in [9.17, 15) is 9.90 Å². The van der Waals surface area contributed by atoms with Crippen molar-refractivity contribution < 1.29 is 14.6 Å². The van der Waals surface area contributed by atoms with Crippen molar-refractivity contribution in [2.45, 2.75) is 6.42 Å². The van der Waals surface area contributed by atoms with Gasteiger partial charge in [-0.1, -0.05) is 30.3 Å². The Hall–Kier alpha value is -3.53. The molecule has 4 nitrogen and oxygen atoms in total. The number of carboxylic acids is 1. The van der Waals surface area contributed by atoms with Crippen molar-refractivity contribution in [2.75, 3.05) is 7.11 Å². The van der Waals surface area contributed by atoms with Crippen LogP contribution in [0.5, 0.6) is 5.75 Å². The third-order valence-corrected chi connectivity index (χ3v) is 4.67. The lowest BCUT2D eigenvalue weighted by atomic mass is 10.1. The molecule has 0 fully saturated rings. The zero-order valence-electron chi connectivity index (χ0n) is 14.9. The molecule has 1 aromatic heterocycles. The maximum Gasteiger partial charge on any atom is 0.309 e. The molecule has 0 spiro atoms. The molecule has 3 aromatic carbocycles. The van der Waals surface area contributed by atoms with Crippen LogP contribution in [0.2, 0.25) is 0 Å². The zero-order valence-corrected chi connectivity index (χ0v) is 14.9. The normalized spacial score (nSPS) is 10.9. The van der Waals surface area contributed by atoms with E-state index < -0.39 is 5.97 Å². The number of nitrogens with zero attached hydrogens (tertiary/aromatic N) is 1. The Bertz CT molecular complexity index is 1110. The number of hydrogen-bond acceptors (Lipinski definition) is 2. The molecular weight excluding hydrogens is 338 g/mol. The van der Waals surface area contributed by atoms with Crippen LogP contribution >= 0.6 is 0 Å². The van der Waals surface area contributed by atoms with Gasteiger partial charge in [0.25, 0.3) is 0 Å². The highest BCUT2D eigenvalue weighted by Crippen LogP contribution is 2.30. The minimum atomic E-state index is -0.851. The standard InChI is InChI=1S/C23H19NO3/c1-27-21-11-7-17(8-12-21)22-13-10-20(15-23(25)26)24(22)19-9-6-16-4-2-3-5-18(16)14-19/h2-14H,15H2,1H3,(H,25,26). The van der Waals surface area contributed by atoms with E-state index in [-0.39, 0.29) is 6.42 Å². The molecule has 0 aliphatic rings. The van der Waals surface area contributed by atoms with E-state index in [1.807, 2.05) is 59.2 Å². The molecule has 27 heavy (non-hydrogen) atoms. The molecule has 0 atom stereocenters. The average molecular weight is 357 g/mol. The van der Waals surface area contributed by atoms with Gasteiger partial charge >= 0.3 is 5.97 Å². The van der Waals surface area contributed by atoms with E-state index in [0.717, 1.165) is 39.2 Å². The second kappa shape index (κ2) is 7.00. The molecule has 1 heterocycles. The Morgan fingerprint density at radius 1 is 0.926 bits per heavy atom. The lowest BCUT2D eigenvalue weighted by Crippen LogP contribution is -2.07. The van der Waals surface area contributed by atoms with Crippen molar-refractivity contribution in [2.24, 2.45) is 0 Å². The van der Waals surface area contributed by atoms with E-state index in [2.05, 4.69) is 24.3 Å². The summed E-state index contributed by atoms with van der Waals surface area (Å²) in [5, 5.41) is 11.6. The molecule has 1 N–H and O–H groups in total. The van der Waals surface area contributed by atoms with Gasteiger partial charge in [-0.3, -0.25) is 4.79 Å². The topological polar surface area (TPSA) is 51.5 Å². The van der Waals surface area contributed by atoms with Gasteiger partial charge in [0.05, 0.1) is 19.2 Å². The van der Waals surface area contributed by atoms with E-state index in [1.54, 1.807) is 7.11 Å². The van der Waals surface area contributed by atoms with E-state index in [1.165, 1.54) is 0 Å². The number of aromatic nitrogens is 1. The molecule has 4 aromatic rings. The molecule has 0 radical (unpaired) electrons. The third kappa shape index (κ3) is 3.29. The van der Waals surface area contributed by atoms with E-state index in [4.69, 9.17) is 4.74 Å². The van der Waals surface area contributed by atoms with Crippen molar-refractivity contribution in [3.05, 3.63) is 84.6 Å². The number of rotatable bonds is 5.